The van der Waals surface area contributed by atoms with Crippen molar-refractivity contribution < 1.29 is 0 Å². The summed E-state index contributed by atoms with van der Waals surface area (Å²) in [5.41, 5.74) is 11.4. The van der Waals surface area contributed by atoms with Crippen LogP contribution in [0.25, 0.3) is 5.57 Å². The van der Waals surface area contributed by atoms with Crippen molar-refractivity contribution in [2.75, 3.05) is 0 Å². The van der Waals surface area contributed by atoms with Crippen LogP contribution in [-0.4, -0.2) is 6.04 Å². The molecule has 1 aromatic rings. The molecule has 74 valence electrons. The van der Waals surface area contributed by atoms with Crippen molar-refractivity contribution >= 4 is 5.57 Å². The zero-order valence-electron chi connectivity index (χ0n) is 8.88. The number of rotatable bonds is 1. The Balaban J connectivity index is 2.49. The fourth-order valence-electron chi connectivity index (χ4n) is 2.14. The van der Waals surface area contributed by atoms with Gasteiger partial charge in [0, 0.05) is 6.04 Å². The predicted molar refractivity (Wildman–Crippen MR) is 61.1 cm³/mol. The zero-order chi connectivity index (χ0) is 10.1. The molecule has 2 rings (SSSR count). The van der Waals surface area contributed by atoms with Gasteiger partial charge in [-0.25, -0.2) is 0 Å². The molecule has 1 aliphatic rings. The van der Waals surface area contributed by atoms with E-state index in [0.29, 0.717) is 0 Å². The lowest BCUT2D eigenvalue weighted by Crippen LogP contribution is -2.19. The van der Waals surface area contributed by atoms with E-state index in [2.05, 4.69) is 38.1 Å². The van der Waals surface area contributed by atoms with Gasteiger partial charge in [0.2, 0.25) is 0 Å². The van der Waals surface area contributed by atoms with Gasteiger partial charge in [-0.15, -0.1) is 0 Å². The van der Waals surface area contributed by atoms with E-state index in [1.807, 2.05) is 0 Å². The third kappa shape index (κ3) is 1.60. The van der Waals surface area contributed by atoms with Crippen molar-refractivity contribution in [1.29, 1.82) is 0 Å². The molecule has 1 aliphatic carbocycles. The van der Waals surface area contributed by atoms with E-state index in [0.717, 1.165) is 12.8 Å². The third-order valence-corrected chi connectivity index (χ3v) is 2.84. The van der Waals surface area contributed by atoms with Crippen LogP contribution in [0.15, 0.2) is 24.3 Å². The van der Waals surface area contributed by atoms with Crippen molar-refractivity contribution in [3.05, 3.63) is 41.0 Å². The van der Waals surface area contributed by atoms with Crippen molar-refractivity contribution in [1.82, 2.24) is 0 Å². The Morgan fingerprint density at radius 3 is 2.86 bits per heavy atom. The van der Waals surface area contributed by atoms with Gasteiger partial charge in [0.1, 0.15) is 0 Å². The second kappa shape index (κ2) is 3.58. The lowest BCUT2D eigenvalue weighted by molar-refractivity contribution is 0.896. The summed E-state index contributed by atoms with van der Waals surface area (Å²) in [4.78, 5) is 0. The summed E-state index contributed by atoms with van der Waals surface area (Å²) in [6.45, 7) is 4.20. The fourth-order valence-corrected chi connectivity index (χ4v) is 2.14. The highest BCUT2D eigenvalue weighted by molar-refractivity contribution is 5.73. The second-order valence-electron chi connectivity index (χ2n) is 4.15. The molecule has 1 unspecified atom stereocenters. The summed E-state index contributed by atoms with van der Waals surface area (Å²) >= 11 is 0. The predicted octanol–water partition coefficient (Wildman–Crippen LogP) is 2.67. The summed E-state index contributed by atoms with van der Waals surface area (Å²) < 4.78 is 0. The summed E-state index contributed by atoms with van der Waals surface area (Å²) in [6, 6.07) is 6.81. The lowest BCUT2D eigenvalue weighted by atomic mass is 9.87. The van der Waals surface area contributed by atoms with Crippen LogP contribution in [0.1, 0.15) is 30.0 Å². The molecule has 0 aliphatic heterocycles. The van der Waals surface area contributed by atoms with Crippen LogP contribution >= 0.6 is 0 Å². The number of fused-ring (bicyclic) bond motifs is 1. The average Bonchev–Trinajstić information content (AvgIpc) is 2.16. The molecule has 0 heterocycles. The molecule has 1 nitrogen and oxygen atoms in total. The molecule has 2 N–H and O–H groups in total. The highest BCUT2D eigenvalue weighted by Gasteiger charge is 2.14. The first-order chi connectivity index (χ1) is 6.68. The molecule has 1 heteroatoms. The van der Waals surface area contributed by atoms with Gasteiger partial charge < -0.3 is 5.73 Å². The van der Waals surface area contributed by atoms with Crippen LogP contribution in [0.2, 0.25) is 0 Å². The van der Waals surface area contributed by atoms with Crippen molar-refractivity contribution in [3.8, 4) is 0 Å². The molecule has 0 amide bonds. The van der Waals surface area contributed by atoms with Gasteiger partial charge >= 0.3 is 0 Å². The molecule has 0 bridgehead atoms. The molecule has 14 heavy (non-hydrogen) atoms. The van der Waals surface area contributed by atoms with Crippen LogP contribution in [0.3, 0.4) is 0 Å². The summed E-state index contributed by atoms with van der Waals surface area (Å²) in [6.07, 6.45) is 4.57. The maximum Gasteiger partial charge on any atom is 0.0268 e. The molecule has 0 aromatic heterocycles. The first kappa shape index (κ1) is 9.47. The monoisotopic (exact) mass is 187 g/mol. The van der Waals surface area contributed by atoms with Gasteiger partial charge in [-0.3, -0.25) is 0 Å². The maximum atomic E-state index is 5.95. The van der Waals surface area contributed by atoms with Crippen molar-refractivity contribution in [2.45, 2.75) is 32.7 Å². The molecule has 0 saturated heterocycles. The first-order valence-corrected chi connectivity index (χ1v) is 5.24. The third-order valence-electron chi connectivity index (χ3n) is 2.84. The second-order valence-corrected chi connectivity index (χ2v) is 4.15. The Morgan fingerprint density at radius 2 is 2.14 bits per heavy atom. The summed E-state index contributed by atoms with van der Waals surface area (Å²) in [5, 5.41) is 0. The molecule has 0 radical (unpaired) electrons. The van der Waals surface area contributed by atoms with Crippen LogP contribution in [-0.2, 0) is 6.42 Å². The maximum absolute atomic E-state index is 5.95. The van der Waals surface area contributed by atoms with E-state index < -0.39 is 0 Å². The summed E-state index contributed by atoms with van der Waals surface area (Å²) in [7, 11) is 0. The SMILES string of the molecule is Cc1ccc2c(c1)CCC=C2C(C)N. The van der Waals surface area contributed by atoms with Crippen molar-refractivity contribution in [2.24, 2.45) is 5.73 Å². The van der Waals surface area contributed by atoms with Crippen LogP contribution in [0.5, 0.6) is 0 Å². The molecular weight excluding hydrogens is 170 g/mol. The highest BCUT2D eigenvalue weighted by atomic mass is 14.6. The Labute approximate surface area is 85.6 Å². The van der Waals surface area contributed by atoms with Crippen LogP contribution in [0, 0.1) is 6.92 Å². The topological polar surface area (TPSA) is 26.0 Å². The number of allylic oxidation sites excluding steroid dienone is 1. The smallest absolute Gasteiger partial charge is 0.0268 e. The normalized spacial score (nSPS) is 17.2. The molecule has 0 spiro atoms. The van der Waals surface area contributed by atoms with E-state index in [9.17, 15) is 0 Å². The quantitative estimate of drug-likeness (QED) is 0.718. The van der Waals surface area contributed by atoms with Gasteiger partial charge in [-0.05, 0) is 43.4 Å². The fraction of sp³-hybridized carbons (Fsp3) is 0.385. The first-order valence-electron chi connectivity index (χ1n) is 5.24. The van der Waals surface area contributed by atoms with Crippen molar-refractivity contribution in [3.63, 3.8) is 0 Å². The largest absolute Gasteiger partial charge is 0.324 e. The van der Waals surface area contributed by atoms with Gasteiger partial charge in [0.25, 0.3) is 0 Å². The van der Waals surface area contributed by atoms with Crippen LogP contribution in [0.4, 0.5) is 0 Å². The van der Waals surface area contributed by atoms with Gasteiger partial charge in [0.05, 0.1) is 0 Å². The van der Waals surface area contributed by atoms with Gasteiger partial charge in [-0.2, -0.15) is 0 Å². The molecule has 1 atom stereocenters. The highest BCUT2D eigenvalue weighted by Crippen LogP contribution is 2.28. The Hall–Kier alpha value is -1.08. The van der Waals surface area contributed by atoms with E-state index >= 15 is 0 Å². The minimum Gasteiger partial charge on any atom is -0.324 e. The molecular formula is C13H17N. The summed E-state index contributed by atoms with van der Waals surface area (Å²) in [5.74, 6) is 0. The number of hydrogen-bond donors (Lipinski definition) is 1. The Morgan fingerprint density at radius 1 is 1.36 bits per heavy atom. The van der Waals surface area contributed by atoms with E-state index in [-0.39, 0.29) is 6.04 Å². The number of hydrogen-bond acceptors (Lipinski definition) is 1. The number of nitrogens with two attached hydrogens (primary N) is 1. The number of aryl methyl sites for hydroxylation is 2. The molecule has 1 aromatic carbocycles. The standard InChI is InChI=1S/C13H17N/c1-9-6-7-13-11(8-9)4-3-5-12(13)10(2)14/h5-8,10H,3-4,14H2,1-2H3. The minimum atomic E-state index is 0.150. The Bertz CT molecular complexity index is 375. The lowest BCUT2D eigenvalue weighted by Gasteiger charge is -2.20. The molecule has 0 saturated carbocycles. The van der Waals surface area contributed by atoms with E-state index in [1.54, 1.807) is 0 Å². The van der Waals surface area contributed by atoms with Gasteiger partial charge in [-0.1, -0.05) is 29.8 Å². The zero-order valence-corrected chi connectivity index (χ0v) is 8.88. The van der Waals surface area contributed by atoms with Crippen LogP contribution < -0.4 is 5.73 Å². The van der Waals surface area contributed by atoms with E-state index in [4.69, 9.17) is 5.73 Å². The number of benzene rings is 1. The Kier molecular flexibility index (Phi) is 2.42. The average molecular weight is 187 g/mol. The van der Waals surface area contributed by atoms with Gasteiger partial charge in [0.15, 0.2) is 0 Å². The minimum absolute atomic E-state index is 0.150. The van der Waals surface area contributed by atoms with E-state index in [1.165, 1.54) is 22.3 Å². The molecule has 0 fully saturated rings.